The lowest BCUT2D eigenvalue weighted by molar-refractivity contribution is 0.905. The average molecular weight is 296 g/mol. The summed E-state index contributed by atoms with van der Waals surface area (Å²) in [6.45, 7) is 0.821. The summed E-state index contributed by atoms with van der Waals surface area (Å²) >= 11 is 9.25. The third-order valence-corrected chi connectivity index (χ3v) is 4.35. The zero-order valence-corrected chi connectivity index (χ0v) is 12.0. The summed E-state index contributed by atoms with van der Waals surface area (Å²) in [6, 6.07) is 4.16. The van der Waals surface area contributed by atoms with Gasteiger partial charge < -0.3 is 4.90 Å². The Hall–Kier alpha value is -1.17. The van der Waals surface area contributed by atoms with Crippen LogP contribution >= 0.6 is 34.3 Å². The predicted octanol–water partition coefficient (Wildman–Crippen LogP) is 4.04. The van der Waals surface area contributed by atoms with Crippen molar-refractivity contribution in [3.05, 3.63) is 39.1 Å². The van der Waals surface area contributed by atoms with Crippen molar-refractivity contribution >= 4 is 50.3 Å². The van der Waals surface area contributed by atoms with E-state index in [4.69, 9.17) is 11.6 Å². The Labute approximate surface area is 118 Å². The van der Waals surface area contributed by atoms with Gasteiger partial charge in [0.25, 0.3) is 0 Å². The van der Waals surface area contributed by atoms with Crippen molar-refractivity contribution in [2.75, 3.05) is 11.9 Å². The van der Waals surface area contributed by atoms with Crippen LogP contribution in [0.1, 0.15) is 5.56 Å². The standard InChI is InChI=1S/C12H10ClN3S2/c1-16(6-8-2-4-17-7-8)10-9-3-5-18-11(9)15-12(13)14-10/h2-5,7H,6H2,1H3. The molecule has 0 bridgehead atoms. The number of aromatic nitrogens is 2. The third-order valence-electron chi connectivity index (χ3n) is 2.64. The van der Waals surface area contributed by atoms with Crippen LogP contribution in [0.3, 0.4) is 0 Å². The van der Waals surface area contributed by atoms with Crippen LogP contribution in [0.2, 0.25) is 5.28 Å². The van der Waals surface area contributed by atoms with Gasteiger partial charge >= 0.3 is 0 Å². The van der Waals surface area contributed by atoms with Crippen molar-refractivity contribution in [3.8, 4) is 0 Å². The first kappa shape index (κ1) is 11.9. The number of halogens is 1. The zero-order valence-electron chi connectivity index (χ0n) is 9.63. The van der Waals surface area contributed by atoms with E-state index in [1.54, 1.807) is 22.7 Å². The first-order valence-corrected chi connectivity index (χ1v) is 7.57. The van der Waals surface area contributed by atoms with E-state index >= 15 is 0 Å². The lowest BCUT2D eigenvalue weighted by Crippen LogP contribution is -2.17. The highest BCUT2D eigenvalue weighted by atomic mass is 35.5. The average Bonchev–Trinajstić information content (AvgIpc) is 2.97. The molecule has 6 heteroatoms. The van der Waals surface area contributed by atoms with Crippen LogP contribution in [0.15, 0.2) is 28.3 Å². The van der Waals surface area contributed by atoms with Gasteiger partial charge in [0.15, 0.2) is 0 Å². The van der Waals surface area contributed by atoms with Crippen LogP contribution in [-0.2, 0) is 6.54 Å². The Morgan fingerprint density at radius 2 is 2.17 bits per heavy atom. The number of hydrogen-bond acceptors (Lipinski definition) is 5. The molecule has 0 aliphatic carbocycles. The number of fused-ring (bicyclic) bond motifs is 1. The summed E-state index contributed by atoms with van der Waals surface area (Å²) in [6.07, 6.45) is 0. The Morgan fingerprint density at radius 3 is 2.94 bits per heavy atom. The Kier molecular flexibility index (Phi) is 3.20. The molecule has 0 saturated carbocycles. The molecule has 0 atom stereocenters. The monoisotopic (exact) mass is 295 g/mol. The molecule has 3 aromatic rings. The fourth-order valence-corrected chi connectivity index (χ4v) is 3.47. The van der Waals surface area contributed by atoms with Gasteiger partial charge in [0.1, 0.15) is 10.6 Å². The molecule has 18 heavy (non-hydrogen) atoms. The Bertz CT molecular complexity index is 663. The fourth-order valence-electron chi connectivity index (χ4n) is 1.84. The SMILES string of the molecule is CN(Cc1ccsc1)c1nc(Cl)nc2sccc12. The minimum Gasteiger partial charge on any atom is -0.355 e. The molecule has 0 amide bonds. The zero-order chi connectivity index (χ0) is 12.5. The molecule has 0 spiro atoms. The molecule has 0 aliphatic heterocycles. The maximum atomic E-state index is 5.97. The molecule has 0 fully saturated rings. The van der Waals surface area contributed by atoms with Crippen molar-refractivity contribution in [3.63, 3.8) is 0 Å². The molecule has 0 unspecified atom stereocenters. The number of thiophene rings is 2. The second-order valence-corrected chi connectivity index (χ2v) is 5.96. The van der Waals surface area contributed by atoms with Crippen molar-refractivity contribution < 1.29 is 0 Å². The van der Waals surface area contributed by atoms with Gasteiger partial charge in [-0.3, -0.25) is 0 Å². The van der Waals surface area contributed by atoms with E-state index < -0.39 is 0 Å². The first-order chi connectivity index (χ1) is 8.74. The number of rotatable bonds is 3. The van der Waals surface area contributed by atoms with E-state index in [2.05, 4.69) is 31.7 Å². The maximum absolute atomic E-state index is 5.97. The Balaban J connectivity index is 2.00. The molecule has 0 aromatic carbocycles. The minimum absolute atomic E-state index is 0.303. The van der Waals surface area contributed by atoms with Crippen LogP contribution in [0.5, 0.6) is 0 Å². The van der Waals surface area contributed by atoms with Crippen LogP contribution in [0.25, 0.3) is 10.2 Å². The molecule has 3 aromatic heterocycles. The smallest absolute Gasteiger partial charge is 0.225 e. The molecule has 3 rings (SSSR count). The lowest BCUT2D eigenvalue weighted by Gasteiger charge is -2.18. The molecular weight excluding hydrogens is 286 g/mol. The van der Waals surface area contributed by atoms with E-state index in [9.17, 15) is 0 Å². The van der Waals surface area contributed by atoms with E-state index in [1.807, 2.05) is 18.5 Å². The van der Waals surface area contributed by atoms with Gasteiger partial charge in [0.05, 0.1) is 5.39 Å². The minimum atomic E-state index is 0.303. The second kappa shape index (κ2) is 4.84. The van der Waals surface area contributed by atoms with E-state index in [-0.39, 0.29) is 0 Å². The molecular formula is C12H10ClN3S2. The van der Waals surface area contributed by atoms with Crippen molar-refractivity contribution in [2.45, 2.75) is 6.54 Å². The van der Waals surface area contributed by atoms with Gasteiger partial charge in [-0.05, 0) is 45.4 Å². The number of anilines is 1. The van der Waals surface area contributed by atoms with Crippen LogP contribution in [0.4, 0.5) is 5.82 Å². The highest BCUT2D eigenvalue weighted by Crippen LogP contribution is 2.29. The van der Waals surface area contributed by atoms with E-state index in [1.165, 1.54) is 5.56 Å². The normalized spacial score (nSPS) is 11.0. The van der Waals surface area contributed by atoms with Crippen molar-refractivity contribution in [1.82, 2.24) is 9.97 Å². The van der Waals surface area contributed by atoms with Crippen molar-refractivity contribution in [2.24, 2.45) is 0 Å². The largest absolute Gasteiger partial charge is 0.355 e. The summed E-state index contributed by atoms with van der Waals surface area (Å²) in [5.41, 5.74) is 1.28. The van der Waals surface area contributed by atoms with Gasteiger partial charge in [-0.15, -0.1) is 11.3 Å². The lowest BCUT2D eigenvalue weighted by atomic mass is 10.3. The molecule has 3 heterocycles. The second-order valence-electron chi connectivity index (χ2n) is 3.94. The van der Waals surface area contributed by atoms with Gasteiger partial charge in [0.2, 0.25) is 5.28 Å². The predicted molar refractivity (Wildman–Crippen MR) is 78.9 cm³/mol. The van der Waals surface area contributed by atoms with Gasteiger partial charge in [-0.1, -0.05) is 0 Å². The third kappa shape index (κ3) is 2.21. The molecule has 0 aliphatic rings. The van der Waals surface area contributed by atoms with E-state index in [0.717, 1.165) is 22.6 Å². The van der Waals surface area contributed by atoms with Crippen LogP contribution in [0, 0.1) is 0 Å². The molecule has 92 valence electrons. The Morgan fingerprint density at radius 1 is 1.28 bits per heavy atom. The summed E-state index contributed by atoms with van der Waals surface area (Å²) in [5, 5.41) is 7.59. The molecule has 3 nitrogen and oxygen atoms in total. The summed E-state index contributed by atoms with van der Waals surface area (Å²) in [4.78, 5) is 11.6. The van der Waals surface area contributed by atoms with E-state index in [0.29, 0.717) is 5.28 Å². The quantitative estimate of drug-likeness (QED) is 0.683. The fraction of sp³-hybridized carbons (Fsp3) is 0.167. The number of nitrogens with zero attached hydrogens (tertiary/aromatic N) is 3. The van der Waals surface area contributed by atoms with Crippen LogP contribution in [-0.4, -0.2) is 17.0 Å². The van der Waals surface area contributed by atoms with Crippen LogP contribution < -0.4 is 4.90 Å². The first-order valence-electron chi connectivity index (χ1n) is 5.37. The van der Waals surface area contributed by atoms with Gasteiger partial charge in [0, 0.05) is 13.6 Å². The molecule has 0 radical (unpaired) electrons. The summed E-state index contributed by atoms with van der Waals surface area (Å²) in [5.74, 6) is 0.887. The highest BCUT2D eigenvalue weighted by molar-refractivity contribution is 7.16. The number of hydrogen-bond donors (Lipinski definition) is 0. The molecule has 0 saturated heterocycles. The van der Waals surface area contributed by atoms with Gasteiger partial charge in [-0.25, -0.2) is 4.98 Å². The topological polar surface area (TPSA) is 29.0 Å². The molecule has 0 N–H and O–H groups in total. The maximum Gasteiger partial charge on any atom is 0.225 e. The van der Waals surface area contributed by atoms with Gasteiger partial charge in [-0.2, -0.15) is 16.3 Å². The highest BCUT2D eigenvalue weighted by Gasteiger charge is 2.12. The summed E-state index contributed by atoms with van der Waals surface area (Å²) < 4.78 is 0. The summed E-state index contributed by atoms with van der Waals surface area (Å²) in [7, 11) is 2.02. The van der Waals surface area contributed by atoms with Crippen molar-refractivity contribution in [1.29, 1.82) is 0 Å².